The molecule has 0 aliphatic carbocycles. The van der Waals surface area contributed by atoms with Gasteiger partial charge >= 0.3 is 0 Å². The second-order valence-electron chi connectivity index (χ2n) is 3.98. The third kappa shape index (κ3) is 3.20. The second kappa shape index (κ2) is 5.82. The van der Waals surface area contributed by atoms with Crippen molar-refractivity contribution in [1.82, 2.24) is 10.2 Å². The summed E-state index contributed by atoms with van der Waals surface area (Å²) in [5.41, 5.74) is 1.99. The molecule has 0 fully saturated rings. The second-order valence-corrected chi connectivity index (χ2v) is 4.89. The van der Waals surface area contributed by atoms with E-state index in [1.807, 2.05) is 31.2 Å². The number of carbonyl (C=O) groups is 1. The van der Waals surface area contributed by atoms with Crippen LogP contribution in [0.15, 0.2) is 34.9 Å². The maximum Gasteiger partial charge on any atom is 0.229 e. The fourth-order valence-electron chi connectivity index (χ4n) is 1.66. The maximum atomic E-state index is 11.9. The summed E-state index contributed by atoms with van der Waals surface area (Å²) in [4.78, 5) is 11.9. The number of hydrogen-bond donors (Lipinski definition) is 2. The van der Waals surface area contributed by atoms with Crippen LogP contribution in [-0.2, 0) is 17.6 Å². The van der Waals surface area contributed by atoms with Crippen LogP contribution in [0.3, 0.4) is 0 Å². The van der Waals surface area contributed by atoms with Crippen molar-refractivity contribution in [3.63, 3.8) is 0 Å². The molecule has 94 valence electrons. The number of amides is 1. The number of nitrogens with one attached hydrogen (secondary N) is 2. The predicted octanol–water partition coefficient (Wildman–Crippen LogP) is 2.92. The van der Waals surface area contributed by atoms with Gasteiger partial charge in [-0.3, -0.25) is 9.89 Å². The van der Waals surface area contributed by atoms with E-state index in [4.69, 9.17) is 0 Å². The lowest BCUT2D eigenvalue weighted by atomic mass is 10.1. The molecule has 1 aromatic carbocycles. The van der Waals surface area contributed by atoms with Crippen molar-refractivity contribution in [2.24, 2.45) is 0 Å². The first-order chi connectivity index (χ1) is 8.69. The number of nitrogens with zero attached hydrogens (tertiary/aromatic N) is 1. The summed E-state index contributed by atoms with van der Waals surface area (Å²) in [6.45, 7) is 2.02. The number of anilines is 1. The number of rotatable bonds is 4. The molecular formula is C13H14BrN3O. The molecule has 2 N–H and O–H groups in total. The van der Waals surface area contributed by atoms with Crippen LogP contribution in [0.2, 0.25) is 0 Å². The molecule has 0 spiro atoms. The van der Waals surface area contributed by atoms with Gasteiger partial charge in [0.2, 0.25) is 5.91 Å². The summed E-state index contributed by atoms with van der Waals surface area (Å²) < 4.78 is 1.01. The van der Waals surface area contributed by atoms with Gasteiger partial charge in [0.25, 0.3) is 0 Å². The van der Waals surface area contributed by atoms with E-state index in [-0.39, 0.29) is 5.91 Å². The molecule has 1 aromatic heterocycles. The Hall–Kier alpha value is -1.62. The smallest absolute Gasteiger partial charge is 0.229 e. The number of halogens is 1. The third-order valence-corrected chi connectivity index (χ3v) is 3.17. The standard InChI is InChI=1S/C13H14BrN3O/c1-2-10-8-15-17-13(10)16-12(18)7-9-3-5-11(14)6-4-9/h3-6,8H,2,7H2,1H3,(H2,15,16,17,18). The summed E-state index contributed by atoms with van der Waals surface area (Å²) in [5, 5.41) is 9.55. The Morgan fingerprint density at radius 2 is 2.11 bits per heavy atom. The summed E-state index contributed by atoms with van der Waals surface area (Å²) in [7, 11) is 0. The summed E-state index contributed by atoms with van der Waals surface area (Å²) in [6.07, 6.45) is 2.93. The Morgan fingerprint density at radius 3 is 2.78 bits per heavy atom. The van der Waals surface area contributed by atoms with Crippen LogP contribution >= 0.6 is 15.9 Å². The highest BCUT2D eigenvalue weighted by atomic mass is 79.9. The van der Waals surface area contributed by atoms with Crippen molar-refractivity contribution in [1.29, 1.82) is 0 Å². The molecule has 0 saturated heterocycles. The number of carbonyl (C=O) groups excluding carboxylic acids is 1. The van der Waals surface area contributed by atoms with Gasteiger partial charge in [0.15, 0.2) is 0 Å². The van der Waals surface area contributed by atoms with Crippen molar-refractivity contribution in [3.8, 4) is 0 Å². The Morgan fingerprint density at radius 1 is 1.39 bits per heavy atom. The molecule has 2 rings (SSSR count). The SMILES string of the molecule is CCc1cn[nH]c1NC(=O)Cc1ccc(Br)cc1. The van der Waals surface area contributed by atoms with Crippen molar-refractivity contribution in [3.05, 3.63) is 46.1 Å². The van der Waals surface area contributed by atoms with E-state index in [1.54, 1.807) is 6.20 Å². The first-order valence-electron chi connectivity index (χ1n) is 5.75. The third-order valence-electron chi connectivity index (χ3n) is 2.64. The van der Waals surface area contributed by atoms with Gasteiger partial charge in [0.05, 0.1) is 12.6 Å². The van der Waals surface area contributed by atoms with Gasteiger partial charge in [0.1, 0.15) is 5.82 Å². The number of aromatic amines is 1. The van der Waals surface area contributed by atoms with E-state index >= 15 is 0 Å². The Bertz CT molecular complexity index is 533. The molecule has 4 nitrogen and oxygen atoms in total. The molecule has 5 heteroatoms. The molecule has 0 aliphatic heterocycles. The molecule has 18 heavy (non-hydrogen) atoms. The molecule has 0 bridgehead atoms. The molecule has 1 amide bonds. The predicted molar refractivity (Wildman–Crippen MR) is 74.4 cm³/mol. The van der Waals surface area contributed by atoms with Crippen LogP contribution in [0, 0.1) is 0 Å². The fourth-order valence-corrected chi connectivity index (χ4v) is 1.92. The zero-order valence-corrected chi connectivity index (χ0v) is 11.6. The molecule has 1 heterocycles. The monoisotopic (exact) mass is 307 g/mol. The van der Waals surface area contributed by atoms with E-state index in [2.05, 4.69) is 31.4 Å². The molecule has 0 radical (unpaired) electrons. The number of H-pyrrole nitrogens is 1. The quantitative estimate of drug-likeness (QED) is 0.912. The fraction of sp³-hybridized carbons (Fsp3) is 0.231. The Balaban J connectivity index is 1.99. The number of hydrogen-bond acceptors (Lipinski definition) is 2. The van der Waals surface area contributed by atoms with E-state index < -0.39 is 0 Å². The van der Waals surface area contributed by atoms with E-state index in [1.165, 1.54) is 0 Å². The normalized spacial score (nSPS) is 10.3. The average molecular weight is 308 g/mol. The molecule has 0 unspecified atom stereocenters. The molecule has 0 atom stereocenters. The van der Waals surface area contributed by atoms with Crippen LogP contribution in [0.4, 0.5) is 5.82 Å². The van der Waals surface area contributed by atoms with Crippen LogP contribution in [0.1, 0.15) is 18.1 Å². The lowest BCUT2D eigenvalue weighted by molar-refractivity contribution is -0.115. The van der Waals surface area contributed by atoms with Gasteiger partial charge in [-0.2, -0.15) is 5.10 Å². The largest absolute Gasteiger partial charge is 0.311 e. The summed E-state index contributed by atoms with van der Waals surface area (Å²) >= 11 is 3.37. The summed E-state index contributed by atoms with van der Waals surface area (Å²) in [6, 6.07) is 7.71. The van der Waals surface area contributed by atoms with Gasteiger partial charge in [-0.05, 0) is 24.1 Å². The molecule has 0 saturated carbocycles. The summed E-state index contributed by atoms with van der Waals surface area (Å²) in [5.74, 6) is 0.649. The van der Waals surface area contributed by atoms with Crippen LogP contribution in [0.5, 0.6) is 0 Å². The van der Waals surface area contributed by atoms with E-state index in [0.717, 1.165) is 22.0 Å². The zero-order valence-electron chi connectivity index (χ0n) is 10.0. The highest BCUT2D eigenvalue weighted by molar-refractivity contribution is 9.10. The minimum Gasteiger partial charge on any atom is -0.311 e. The van der Waals surface area contributed by atoms with Crippen molar-refractivity contribution in [2.75, 3.05) is 5.32 Å². The van der Waals surface area contributed by atoms with Crippen molar-refractivity contribution < 1.29 is 4.79 Å². The van der Waals surface area contributed by atoms with Crippen LogP contribution < -0.4 is 5.32 Å². The average Bonchev–Trinajstić information content (AvgIpc) is 2.79. The number of aryl methyl sites for hydroxylation is 1. The van der Waals surface area contributed by atoms with Crippen molar-refractivity contribution in [2.45, 2.75) is 19.8 Å². The first kappa shape index (κ1) is 12.8. The van der Waals surface area contributed by atoms with Gasteiger partial charge in [-0.15, -0.1) is 0 Å². The van der Waals surface area contributed by atoms with Crippen LogP contribution in [-0.4, -0.2) is 16.1 Å². The van der Waals surface area contributed by atoms with Gasteiger partial charge in [-0.25, -0.2) is 0 Å². The molecule has 2 aromatic rings. The molecular weight excluding hydrogens is 294 g/mol. The first-order valence-corrected chi connectivity index (χ1v) is 6.55. The maximum absolute atomic E-state index is 11.9. The van der Waals surface area contributed by atoms with Crippen LogP contribution in [0.25, 0.3) is 0 Å². The molecule has 0 aliphatic rings. The highest BCUT2D eigenvalue weighted by Gasteiger charge is 2.08. The van der Waals surface area contributed by atoms with Gasteiger partial charge < -0.3 is 5.32 Å². The minimum atomic E-state index is -0.0451. The lowest BCUT2D eigenvalue weighted by Crippen LogP contribution is -2.15. The number of aromatic nitrogens is 2. The Kier molecular flexibility index (Phi) is 4.15. The van der Waals surface area contributed by atoms with E-state index in [0.29, 0.717) is 12.2 Å². The minimum absolute atomic E-state index is 0.0451. The zero-order chi connectivity index (χ0) is 13.0. The Labute approximate surface area is 114 Å². The van der Waals surface area contributed by atoms with Crippen molar-refractivity contribution >= 4 is 27.7 Å². The lowest BCUT2D eigenvalue weighted by Gasteiger charge is -2.05. The van der Waals surface area contributed by atoms with Gasteiger partial charge in [-0.1, -0.05) is 35.0 Å². The van der Waals surface area contributed by atoms with E-state index in [9.17, 15) is 4.79 Å². The number of benzene rings is 1. The highest BCUT2D eigenvalue weighted by Crippen LogP contribution is 2.13. The van der Waals surface area contributed by atoms with Gasteiger partial charge in [0, 0.05) is 10.0 Å². The topological polar surface area (TPSA) is 57.8 Å².